The zero-order chi connectivity index (χ0) is 10.0. The highest BCUT2D eigenvalue weighted by Gasteiger charge is 2.39. The zero-order valence-electron chi connectivity index (χ0n) is 6.75. The highest BCUT2D eigenvalue weighted by atomic mass is 16.4. The Bertz CT molecular complexity index is 257. The topological polar surface area (TPSA) is 94.8 Å². The average Bonchev–Trinajstić information content (AvgIpc) is 2.02. The third kappa shape index (κ3) is 1.86. The minimum absolute atomic E-state index is 0.156. The van der Waals surface area contributed by atoms with Crippen molar-refractivity contribution in [1.29, 1.82) is 0 Å². The number of hydrogen-bond donors (Lipinski definition) is 3. The van der Waals surface area contributed by atoms with Gasteiger partial charge in [-0.05, 0) is 6.42 Å². The van der Waals surface area contributed by atoms with Crippen molar-refractivity contribution >= 4 is 11.9 Å². The van der Waals surface area contributed by atoms with E-state index in [4.69, 9.17) is 10.2 Å². The lowest BCUT2D eigenvalue weighted by atomic mass is 9.81. The molecule has 0 aromatic heterocycles. The smallest absolute Gasteiger partial charge is 0.310 e. The summed E-state index contributed by atoms with van der Waals surface area (Å²) in [7, 11) is 0. The molecule has 0 radical (unpaired) electrons. The largest absolute Gasteiger partial charge is 0.481 e. The molecule has 3 N–H and O–H groups in total. The van der Waals surface area contributed by atoms with E-state index in [0.29, 0.717) is 0 Å². The van der Waals surface area contributed by atoms with Gasteiger partial charge in [0.25, 0.3) is 0 Å². The molecule has 5 heteroatoms. The second kappa shape index (κ2) is 3.57. The van der Waals surface area contributed by atoms with E-state index in [1.165, 1.54) is 12.2 Å². The summed E-state index contributed by atoms with van der Waals surface area (Å²) in [6.45, 7) is 0. The minimum Gasteiger partial charge on any atom is -0.481 e. The van der Waals surface area contributed by atoms with E-state index in [2.05, 4.69) is 0 Å². The number of carboxylic acid groups (broad SMARTS) is 2. The van der Waals surface area contributed by atoms with E-state index < -0.39 is 29.9 Å². The molecule has 0 saturated heterocycles. The van der Waals surface area contributed by atoms with Crippen molar-refractivity contribution in [2.45, 2.75) is 12.5 Å². The Hall–Kier alpha value is -1.36. The number of hydrogen-bond acceptors (Lipinski definition) is 3. The van der Waals surface area contributed by atoms with E-state index in [1.54, 1.807) is 0 Å². The number of rotatable bonds is 2. The molecule has 0 aromatic carbocycles. The predicted octanol–water partition coefficient (Wildman–Crippen LogP) is -0.291. The first kappa shape index (κ1) is 9.73. The van der Waals surface area contributed by atoms with Crippen molar-refractivity contribution in [3.8, 4) is 0 Å². The molecule has 0 saturated carbocycles. The van der Waals surface area contributed by atoms with Gasteiger partial charge in [0.1, 0.15) is 0 Å². The first-order valence-electron chi connectivity index (χ1n) is 3.84. The molecule has 0 aliphatic heterocycles. The monoisotopic (exact) mass is 186 g/mol. The van der Waals surface area contributed by atoms with Crippen molar-refractivity contribution in [2.24, 2.45) is 11.8 Å². The van der Waals surface area contributed by atoms with Crippen LogP contribution in [0.5, 0.6) is 0 Å². The molecule has 0 unspecified atom stereocenters. The molecule has 3 atom stereocenters. The number of aliphatic hydroxyl groups excluding tert-OH is 1. The van der Waals surface area contributed by atoms with Crippen LogP contribution in [0.3, 0.4) is 0 Å². The molecule has 13 heavy (non-hydrogen) atoms. The molecule has 0 spiro atoms. The van der Waals surface area contributed by atoms with Gasteiger partial charge in [0, 0.05) is 0 Å². The number of aliphatic carboxylic acids is 2. The number of carbonyl (C=O) groups is 2. The zero-order valence-corrected chi connectivity index (χ0v) is 6.75. The number of carboxylic acids is 2. The average molecular weight is 186 g/mol. The molecular weight excluding hydrogens is 176 g/mol. The lowest BCUT2D eigenvalue weighted by Gasteiger charge is -2.25. The summed E-state index contributed by atoms with van der Waals surface area (Å²) in [5.41, 5.74) is 0. The first-order chi connectivity index (χ1) is 6.04. The lowest BCUT2D eigenvalue weighted by Crippen LogP contribution is -2.39. The molecule has 0 bridgehead atoms. The summed E-state index contributed by atoms with van der Waals surface area (Å²) < 4.78 is 0. The fourth-order valence-electron chi connectivity index (χ4n) is 1.44. The third-order valence-electron chi connectivity index (χ3n) is 2.13. The van der Waals surface area contributed by atoms with Crippen LogP contribution in [0.25, 0.3) is 0 Å². The molecule has 1 aliphatic rings. The van der Waals surface area contributed by atoms with Crippen LogP contribution < -0.4 is 0 Å². The number of allylic oxidation sites excluding steroid dienone is 1. The summed E-state index contributed by atoms with van der Waals surface area (Å²) in [6, 6.07) is 0. The highest BCUT2D eigenvalue weighted by Crippen LogP contribution is 2.26. The first-order valence-corrected chi connectivity index (χ1v) is 3.84. The van der Waals surface area contributed by atoms with Crippen LogP contribution >= 0.6 is 0 Å². The lowest BCUT2D eigenvalue weighted by molar-refractivity contribution is -0.157. The van der Waals surface area contributed by atoms with E-state index in [1.807, 2.05) is 0 Å². The SMILES string of the molecule is O=C(O)[C@@H]1[C@@H](C(=O)O)CC=C[C@@H]1O. The van der Waals surface area contributed by atoms with Gasteiger partial charge in [-0.25, -0.2) is 0 Å². The van der Waals surface area contributed by atoms with Gasteiger partial charge in [-0.3, -0.25) is 9.59 Å². The molecule has 72 valence electrons. The second-order valence-corrected chi connectivity index (χ2v) is 2.96. The Morgan fingerprint density at radius 3 is 2.23 bits per heavy atom. The Labute approximate surface area is 74.3 Å². The molecule has 0 fully saturated rings. The fraction of sp³-hybridized carbons (Fsp3) is 0.500. The standard InChI is InChI=1S/C8H10O5/c9-5-3-1-2-4(7(10)11)6(5)8(12)13/h1,3-6,9H,2H2,(H,10,11)(H,12,13)/t4-,5-,6+/m0/s1. The Kier molecular flexibility index (Phi) is 2.67. The summed E-state index contributed by atoms with van der Waals surface area (Å²) >= 11 is 0. The molecule has 0 aromatic rings. The Morgan fingerprint density at radius 2 is 1.85 bits per heavy atom. The van der Waals surface area contributed by atoms with E-state index in [0.717, 1.165) is 0 Å². The highest BCUT2D eigenvalue weighted by molar-refractivity contribution is 5.81. The summed E-state index contributed by atoms with van der Waals surface area (Å²) in [4.78, 5) is 21.2. The quantitative estimate of drug-likeness (QED) is 0.515. The van der Waals surface area contributed by atoms with Crippen LogP contribution in [0.15, 0.2) is 12.2 Å². The minimum atomic E-state index is -1.27. The van der Waals surface area contributed by atoms with Crippen molar-refractivity contribution < 1.29 is 24.9 Å². The van der Waals surface area contributed by atoms with Gasteiger partial charge < -0.3 is 15.3 Å². The maximum atomic E-state index is 10.6. The second-order valence-electron chi connectivity index (χ2n) is 2.96. The van der Waals surface area contributed by atoms with Gasteiger partial charge in [-0.15, -0.1) is 0 Å². The molecule has 1 rings (SSSR count). The van der Waals surface area contributed by atoms with Gasteiger partial charge in [-0.2, -0.15) is 0 Å². The van der Waals surface area contributed by atoms with Gasteiger partial charge in [0.05, 0.1) is 17.9 Å². The molecule has 1 aliphatic carbocycles. The Morgan fingerprint density at radius 1 is 1.23 bits per heavy atom. The maximum absolute atomic E-state index is 10.6. The van der Waals surface area contributed by atoms with Crippen LogP contribution in [0, 0.1) is 11.8 Å². The normalized spacial score (nSPS) is 32.8. The molecular formula is C8H10O5. The van der Waals surface area contributed by atoms with Crippen molar-refractivity contribution in [1.82, 2.24) is 0 Å². The van der Waals surface area contributed by atoms with E-state index in [9.17, 15) is 14.7 Å². The molecule has 0 amide bonds. The van der Waals surface area contributed by atoms with Gasteiger partial charge in [0.2, 0.25) is 0 Å². The predicted molar refractivity (Wildman–Crippen MR) is 42.0 cm³/mol. The maximum Gasteiger partial charge on any atom is 0.310 e. The van der Waals surface area contributed by atoms with Crippen LogP contribution in [0.4, 0.5) is 0 Å². The van der Waals surface area contributed by atoms with Crippen molar-refractivity contribution in [3.05, 3.63) is 12.2 Å². The van der Waals surface area contributed by atoms with E-state index >= 15 is 0 Å². The summed E-state index contributed by atoms with van der Waals surface area (Å²) in [5, 5.41) is 26.6. The van der Waals surface area contributed by atoms with Crippen molar-refractivity contribution in [3.63, 3.8) is 0 Å². The van der Waals surface area contributed by atoms with Crippen LogP contribution in [0.1, 0.15) is 6.42 Å². The van der Waals surface area contributed by atoms with Gasteiger partial charge >= 0.3 is 11.9 Å². The van der Waals surface area contributed by atoms with Crippen LogP contribution in [0.2, 0.25) is 0 Å². The van der Waals surface area contributed by atoms with E-state index in [-0.39, 0.29) is 6.42 Å². The van der Waals surface area contributed by atoms with Crippen LogP contribution in [-0.2, 0) is 9.59 Å². The van der Waals surface area contributed by atoms with Crippen molar-refractivity contribution in [2.75, 3.05) is 0 Å². The van der Waals surface area contributed by atoms with Crippen LogP contribution in [-0.4, -0.2) is 33.4 Å². The fourth-order valence-corrected chi connectivity index (χ4v) is 1.44. The van der Waals surface area contributed by atoms with Gasteiger partial charge in [-0.1, -0.05) is 12.2 Å². The third-order valence-corrected chi connectivity index (χ3v) is 2.13. The summed E-state index contributed by atoms with van der Waals surface area (Å²) in [6.07, 6.45) is 1.76. The molecule has 5 nitrogen and oxygen atoms in total. The molecule has 0 heterocycles. The Balaban J connectivity index is 2.89. The number of aliphatic hydroxyl groups is 1. The van der Waals surface area contributed by atoms with Gasteiger partial charge in [0.15, 0.2) is 0 Å². The summed E-state index contributed by atoms with van der Waals surface area (Å²) in [5.74, 6) is -4.72.